The Bertz CT molecular complexity index is 342. The van der Waals surface area contributed by atoms with Gasteiger partial charge in [0.2, 0.25) is 0 Å². The Hall–Kier alpha value is -1.30. The molecule has 0 spiro atoms. The quantitative estimate of drug-likeness (QED) is 0.835. The summed E-state index contributed by atoms with van der Waals surface area (Å²) < 4.78 is 5.61. The van der Waals surface area contributed by atoms with Gasteiger partial charge in [0.05, 0.1) is 6.10 Å². The Morgan fingerprint density at radius 2 is 2.11 bits per heavy atom. The predicted octanol–water partition coefficient (Wildman–Crippen LogP) is 1.16. The number of carboxylic acids is 1. The van der Waals surface area contributed by atoms with E-state index in [0.717, 1.165) is 32.3 Å². The maximum absolute atomic E-state index is 12.3. The molecule has 0 aromatic heterocycles. The highest BCUT2D eigenvalue weighted by molar-refractivity contribution is 5.83. The van der Waals surface area contributed by atoms with Crippen molar-refractivity contribution < 1.29 is 19.4 Å². The fraction of sp³-hybridized carbons (Fsp3) is 0.846. The molecule has 2 fully saturated rings. The molecule has 2 saturated heterocycles. The molecule has 0 aliphatic carbocycles. The number of hydrogen-bond donors (Lipinski definition) is 1. The molecule has 2 rings (SSSR count). The second kappa shape index (κ2) is 6.23. The van der Waals surface area contributed by atoms with Gasteiger partial charge in [0.15, 0.2) is 0 Å². The molecule has 6 heteroatoms. The molecule has 2 amide bonds. The van der Waals surface area contributed by atoms with Crippen molar-refractivity contribution in [3.63, 3.8) is 0 Å². The maximum Gasteiger partial charge on any atom is 0.326 e. The van der Waals surface area contributed by atoms with Gasteiger partial charge < -0.3 is 19.6 Å². The first-order chi connectivity index (χ1) is 9.09. The fourth-order valence-corrected chi connectivity index (χ4v) is 2.81. The number of nitrogens with zero attached hydrogens (tertiary/aromatic N) is 2. The van der Waals surface area contributed by atoms with E-state index >= 15 is 0 Å². The second-order valence-corrected chi connectivity index (χ2v) is 5.34. The van der Waals surface area contributed by atoms with Gasteiger partial charge in [0.1, 0.15) is 6.04 Å². The van der Waals surface area contributed by atoms with Crippen molar-refractivity contribution in [2.24, 2.45) is 0 Å². The molecular weight excluding hydrogens is 248 g/mol. The normalized spacial score (nSPS) is 27.3. The van der Waals surface area contributed by atoms with Crippen molar-refractivity contribution in [2.45, 2.75) is 44.2 Å². The summed E-state index contributed by atoms with van der Waals surface area (Å²) in [6, 6.07) is -0.860. The highest BCUT2D eigenvalue weighted by Crippen LogP contribution is 2.20. The van der Waals surface area contributed by atoms with E-state index in [4.69, 9.17) is 9.84 Å². The number of carbonyl (C=O) groups is 2. The first-order valence-electron chi connectivity index (χ1n) is 6.95. The molecule has 6 nitrogen and oxygen atoms in total. The summed E-state index contributed by atoms with van der Waals surface area (Å²) in [6.07, 6.45) is 4.59. The molecule has 0 radical (unpaired) electrons. The minimum absolute atomic E-state index is 0.0913. The van der Waals surface area contributed by atoms with Crippen molar-refractivity contribution in [2.75, 3.05) is 26.7 Å². The standard InChI is InChI=1S/C13H22N2O4/c1-14(9-10-5-2-3-8-19-10)13(18)15-7-4-6-11(15)12(16)17/h10-11H,2-9H2,1H3,(H,16,17)/t10?,11-/m1/s1. The molecule has 2 atom stereocenters. The zero-order valence-corrected chi connectivity index (χ0v) is 11.4. The van der Waals surface area contributed by atoms with E-state index in [0.29, 0.717) is 19.5 Å². The lowest BCUT2D eigenvalue weighted by molar-refractivity contribution is -0.141. The van der Waals surface area contributed by atoms with Gasteiger partial charge in [-0.15, -0.1) is 0 Å². The number of likely N-dealkylation sites (N-methyl/N-ethyl adjacent to an activating group) is 1. The average Bonchev–Trinajstić information content (AvgIpc) is 2.88. The van der Waals surface area contributed by atoms with E-state index in [9.17, 15) is 9.59 Å². The van der Waals surface area contributed by atoms with Crippen LogP contribution in [0.5, 0.6) is 0 Å². The minimum Gasteiger partial charge on any atom is -0.480 e. The summed E-state index contributed by atoms with van der Waals surface area (Å²) in [5, 5.41) is 9.10. The third-order valence-electron chi connectivity index (χ3n) is 3.86. The van der Waals surface area contributed by atoms with Crippen LogP contribution in [-0.4, -0.2) is 65.8 Å². The summed E-state index contributed by atoms with van der Waals surface area (Å²) in [4.78, 5) is 26.4. The minimum atomic E-state index is -0.909. The van der Waals surface area contributed by atoms with Crippen LogP contribution in [0.1, 0.15) is 32.1 Å². The van der Waals surface area contributed by atoms with Crippen molar-refractivity contribution in [3.05, 3.63) is 0 Å². The number of ether oxygens (including phenoxy) is 1. The van der Waals surface area contributed by atoms with Gasteiger partial charge >= 0.3 is 12.0 Å². The summed E-state index contributed by atoms with van der Waals surface area (Å²) in [5.41, 5.74) is 0. The number of rotatable bonds is 3. The van der Waals surface area contributed by atoms with Crippen LogP contribution in [0.15, 0.2) is 0 Å². The van der Waals surface area contributed by atoms with Crippen LogP contribution in [-0.2, 0) is 9.53 Å². The zero-order chi connectivity index (χ0) is 13.8. The summed E-state index contributed by atoms with van der Waals surface area (Å²) >= 11 is 0. The third kappa shape index (κ3) is 3.37. The predicted molar refractivity (Wildman–Crippen MR) is 69.0 cm³/mol. The highest BCUT2D eigenvalue weighted by atomic mass is 16.5. The van der Waals surface area contributed by atoms with Crippen molar-refractivity contribution in [3.8, 4) is 0 Å². The molecule has 0 aromatic carbocycles. The van der Waals surface area contributed by atoms with Crippen LogP contribution in [0.25, 0.3) is 0 Å². The van der Waals surface area contributed by atoms with E-state index in [1.165, 1.54) is 4.90 Å². The molecule has 1 unspecified atom stereocenters. The number of aliphatic carboxylic acids is 1. The Morgan fingerprint density at radius 1 is 1.32 bits per heavy atom. The molecule has 2 aliphatic heterocycles. The van der Waals surface area contributed by atoms with Gasteiger partial charge in [-0.2, -0.15) is 0 Å². The van der Waals surface area contributed by atoms with Crippen LogP contribution in [0, 0.1) is 0 Å². The second-order valence-electron chi connectivity index (χ2n) is 5.34. The fourth-order valence-electron chi connectivity index (χ4n) is 2.81. The molecule has 1 N–H and O–H groups in total. The van der Waals surface area contributed by atoms with E-state index < -0.39 is 12.0 Å². The largest absolute Gasteiger partial charge is 0.480 e. The molecule has 0 saturated carbocycles. The van der Waals surface area contributed by atoms with Crippen LogP contribution in [0.3, 0.4) is 0 Å². The van der Waals surface area contributed by atoms with Crippen LogP contribution in [0.4, 0.5) is 4.79 Å². The van der Waals surface area contributed by atoms with Crippen LogP contribution < -0.4 is 0 Å². The maximum atomic E-state index is 12.3. The van der Waals surface area contributed by atoms with Crippen LogP contribution >= 0.6 is 0 Å². The number of hydrogen-bond acceptors (Lipinski definition) is 3. The Balaban J connectivity index is 1.89. The van der Waals surface area contributed by atoms with E-state index in [1.54, 1.807) is 11.9 Å². The number of carbonyl (C=O) groups excluding carboxylic acids is 1. The first-order valence-corrected chi connectivity index (χ1v) is 6.95. The van der Waals surface area contributed by atoms with Gasteiger partial charge in [-0.05, 0) is 32.1 Å². The lowest BCUT2D eigenvalue weighted by Gasteiger charge is -2.31. The molecule has 19 heavy (non-hydrogen) atoms. The summed E-state index contributed by atoms with van der Waals surface area (Å²) in [6.45, 7) is 1.83. The van der Waals surface area contributed by atoms with E-state index in [1.807, 2.05) is 0 Å². The van der Waals surface area contributed by atoms with Gasteiger partial charge in [0.25, 0.3) is 0 Å². The molecule has 0 aromatic rings. The monoisotopic (exact) mass is 270 g/mol. The molecule has 2 aliphatic rings. The highest BCUT2D eigenvalue weighted by Gasteiger charge is 2.35. The smallest absolute Gasteiger partial charge is 0.326 e. The Morgan fingerprint density at radius 3 is 2.74 bits per heavy atom. The Kier molecular flexibility index (Phi) is 4.63. The SMILES string of the molecule is CN(CC1CCCCO1)C(=O)N1CCC[C@@H]1C(=O)O. The zero-order valence-electron chi connectivity index (χ0n) is 11.4. The summed E-state index contributed by atoms with van der Waals surface area (Å²) in [7, 11) is 1.72. The molecule has 0 bridgehead atoms. The third-order valence-corrected chi connectivity index (χ3v) is 3.86. The van der Waals surface area contributed by atoms with Gasteiger partial charge in [-0.1, -0.05) is 0 Å². The van der Waals surface area contributed by atoms with E-state index in [2.05, 4.69) is 0 Å². The van der Waals surface area contributed by atoms with E-state index in [-0.39, 0.29) is 12.1 Å². The number of likely N-dealkylation sites (tertiary alicyclic amines) is 1. The molecular formula is C13H22N2O4. The topological polar surface area (TPSA) is 70.1 Å². The van der Waals surface area contributed by atoms with Gasteiger partial charge in [-0.25, -0.2) is 9.59 Å². The first kappa shape index (κ1) is 14.1. The van der Waals surface area contributed by atoms with Crippen molar-refractivity contribution >= 4 is 12.0 Å². The van der Waals surface area contributed by atoms with Crippen LogP contribution in [0.2, 0.25) is 0 Å². The number of urea groups is 1. The summed E-state index contributed by atoms with van der Waals surface area (Å²) in [5.74, 6) is -0.909. The van der Waals surface area contributed by atoms with Gasteiger partial charge in [0, 0.05) is 26.7 Å². The number of carboxylic acid groups (broad SMARTS) is 1. The molecule has 108 valence electrons. The van der Waals surface area contributed by atoms with Gasteiger partial charge in [-0.3, -0.25) is 0 Å². The average molecular weight is 270 g/mol. The lowest BCUT2D eigenvalue weighted by Crippen LogP contribution is -2.48. The molecule has 2 heterocycles. The number of amides is 2. The van der Waals surface area contributed by atoms with Crippen molar-refractivity contribution in [1.82, 2.24) is 9.80 Å². The van der Waals surface area contributed by atoms with Crippen molar-refractivity contribution in [1.29, 1.82) is 0 Å². The Labute approximate surface area is 113 Å². The lowest BCUT2D eigenvalue weighted by atomic mass is 10.1.